The summed E-state index contributed by atoms with van der Waals surface area (Å²) in [5.74, 6) is 6.04. The van der Waals surface area contributed by atoms with E-state index in [0.717, 1.165) is 13.1 Å². The summed E-state index contributed by atoms with van der Waals surface area (Å²) in [5.41, 5.74) is 1.62. The predicted octanol–water partition coefficient (Wildman–Crippen LogP) is 5.65. The summed E-state index contributed by atoms with van der Waals surface area (Å²) in [4.78, 5) is 0. The molecule has 0 bridgehead atoms. The van der Waals surface area contributed by atoms with E-state index in [9.17, 15) is 0 Å². The third-order valence-electron chi connectivity index (χ3n) is 3.88. The van der Waals surface area contributed by atoms with E-state index in [-0.39, 0.29) is 21.4 Å². The minimum absolute atomic E-state index is 0.143. The SMILES string of the molecule is CCN(CC)P(C)[C]1[C](C)[C](C)[C](C)[C]1C.[Cl][Cr+][Cl]. The van der Waals surface area contributed by atoms with E-state index in [2.05, 4.69) is 52.9 Å². The Bertz CT molecular complexity index is 227. The van der Waals surface area contributed by atoms with Gasteiger partial charge in [0, 0.05) is 5.66 Å². The van der Waals surface area contributed by atoms with E-state index in [0.29, 0.717) is 0 Å². The Morgan fingerprint density at radius 3 is 1.47 bits per heavy atom. The molecule has 1 fully saturated rings. The Morgan fingerprint density at radius 1 is 0.895 bits per heavy atom. The summed E-state index contributed by atoms with van der Waals surface area (Å²) < 4.78 is 2.59. The van der Waals surface area contributed by atoms with Gasteiger partial charge >= 0.3 is 33.5 Å². The normalized spacial score (nSPS) is 21.6. The van der Waals surface area contributed by atoms with Crippen LogP contribution in [-0.2, 0) is 13.4 Å². The minimum atomic E-state index is -0.181. The topological polar surface area (TPSA) is 3.24 Å². The third kappa shape index (κ3) is 5.32. The van der Waals surface area contributed by atoms with Crippen molar-refractivity contribution in [1.82, 2.24) is 4.67 Å². The second-order valence-corrected chi connectivity index (χ2v) is 8.74. The molecule has 0 heterocycles. The van der Waals surface area contributed by atoms with Crippen LogP contribution in [0.3, 0.4) is 0 Å². The number of halogens is 2. The summed E-state index contributed by atoms with van der Waals surface area (Å²) in [6.45, 7) is 18.3. The van der Waals surface area contributed by atoms with Gasteiger partial charge in [-0.25, -0.2) is 0 Å². The van der Waals surface area contributed by atoms with Crippen molar-refractivity contribution in [3.63, 3.8) is 0 Å². The maximum absolute atomic E-state index is 4.83. The van der Waals surface area contributed by atoms with E-state index in [1.165, 1.54) is 23.7 Å². The summed E-state index contributed by atoms with van der Waals surface area (Å²) in [6, 6.07) is 0. The summed E-state index contributed by atoms with van der Waals surface area (Å²) in [5, 5.41) is 0. The van der Waals surface area contributed by atoms with Crippen molar-refractivity contribution in [3.05, 3.63) is 29.3 Å². The third-order valence-corrected chi connectivity index (χ3v) is 6.61. The van der Waals surface area contributed by atoms with Crippen LogP contribution >= 0.6 is 28.2 Å². The molecule has 1 rings (SSSR count). The molecule has 19 heavy (non-hydrogen) atoms. The molecule has 0 N–H and O–H groups in total. The fraction of sp³-hybridized carbons (Fsp3) is 0.643. The van der Waals surface area contributed by atoms with Crippen LogP contribution in [0, 0.1) is 29.3 Å². The van der Waals surface area contributed by atoms with Crippen molar-refractivity contribution in [3.8, 4) is 0 Å². The van der Waals surface area contributed by atoms with Gasteiger partial charge in [0.15, 0.2) is 0 Å². The predicted molar refractivity (Wildman–Crippen MR) is 86.4 cm³/mol. The molecule has 1 nitrogen and oxygen atoms in total. The molecule has 5 heteroatoms. The monoisotopic (exact) mass is 360 g/mol. The number of hydrogen-bond acceptors (Lipinski definition) is 1. The first kappa shape index (κ1) is 20.5. The molecule has 1 unspecified atom stereocenters. The van der Waals surface area contributed by atoms with Crippen molar-refractivity contribution in [2.75, 3.05) is 19.8 Å². The zero-order chi connectivity index (χ0) is 15.2. The molecule has 1 aliphatic carbocycles. The van der Waals surface area contributed by atoms with Crippen LogP contribution in [0.1, 0.15) is 41.5 Å². The Balaban J connectivity index is 0.000000982. The van der Waals surface area contributed by atoms with E-state index in [1.54, 1.807) is 5.66 Å². The van der Waals surface area contributed by atoms with Crippen molar-refractivity contribution < 1.29 is 13.4 Å². The quantitative estimate of drug-likeness (QED) is 0.585. The molecule has 1 atom stereocenters. The molecule has 0 amide bonds. The average Bonchev–Trinajstić information content (AvgIpc) is 2.56. The first-order chi connectivity index (χ1) is 8.87. The Labute approximate surface area is 136 Å². The van der Waals surface area contributed by atoms with Gasteiger partial charge in [0.05, 0.1) is 0 Å². The molecule has 0 spiro atoms. The van der Waals surface area contributed by atoms with Gasteiger partial charge in [0.2, 0.25) is 0 Å². The van der Waals surface area contributed by atoms with Crippen LogP contribution in [0.2, 0.25) is 0 Å². The van der Waals surface area contributed by atoms with Gasteiger partial charge in [-0.05, 0) is 51.5 Å². The molecule has 0 aliphatic heterocycles. The van der Waals surface area contributed by atoms with Crippen molar-refractivity contribution in [2.24, 2.45) is 0 Å². The summed E-state index contributed by atoms with van der Waals surface area (Å²) >= 11 is -0.181. The second kappa shape index (κ2) is 10.3. The Hall–Kier alpha value is 1.50. The Kier molecular flexibility index (Phi) is 11.1. The van der Waals surface area contributed by atoms with E-state index in [1.807, 2.05) is 0 Å². The molecule has 0 aromatic carbocycles. The van der Waals surface area contributed by atoms with Gasteiger partial charge in [-0.3, -0.25) is 4.67 Å². The first-order valence-electron chi connectivity index (χ1n) is 6.48. The van der Waals surface area contributed by atoms with E-state index < -0.39 is 0 Å². The van der Waals surface area contributed by atoms with Crippen molar-refractivity contribution in [1.29, 1.82) is 0 Å². The van der Waals surface area contributed by atoms with Crippen molar-refractivity contribution in [2.45, 2.75) is 41.5 Å². The van der Waals surface area contributed by atoms with Crippen LogP contribution in [0.25, 0.3) is 0 Å². The summed E-state index contributed by atoms with van der Waals surface area (Å²) in [6.07, 6.45) is 0. The van der Waals surface area contributed by atoms with Crippen LogP contribution in [0.15, 0.2) is 0 Å². The molecule has 0 saturated heterocycles. The Morgan fingerprint density at radius 2 is 1.21 bits per heavy atom. The van der Waals surface area contributed by atoms with Gasteiger partial charge in [-0.2, -0.15) is 0 Å². The molecule has 0 aromatic rings. The first-order valence-corrected chi connectivity index (χ1v) is 11.7. The summed E-state index contributed by atoms with van der Waals surface area (Å²) in [7, 11) is 9.51. The zero-order valence-electron chi connectivity index (χ0n) is 13.0. The van der Waals surface area contributed by atoms with Gasteiger partial charge in [0.1, 0.15) is 0 Å². The molecular weight excluding hydrogens is 336 g/mol. The van der Waals surface area contributed by atoms with Crippen LogP contribution in [-0.4, -0.2) is 24.4 Å². The van der Waals surface area contributed by atoms with Gasteiger partial charge in [-0.1, -0.05) is 41.5 Å². The number of hydrogen-bond donors (Lipinski definition) is 0. The molecule has 110 valence electrons. The second-order valence-electron chi connectivity index (χ2n) is 4.57. The maximum atomic E-state index is 4.83. The van der Waals surface area contributed by atoms with Gasteiger partial charge in [-0.15, -0.1) is 0 Å². The molecular formula is C14H25Cl2CrNP+. The molecule has 0 aromatic heterocycles. The van der Waals surface area contributed by atoms with Gasteiger partial charge < -0.3 is 0 Å². The van der Waals surface area contributed by atoms with Crippen molar-refractivity contribution >= 4 is 28.2 Å². The zero-order valence-corrected chi connectivity index (χ0v) is 16.7. The van der Waals surface area contributed by atoms with Crippen LogP contribution in [0.4, 0.5) is 0 Å². The van der Waals surface area contributed by atoms with Gasteiger partial charge in [0.25, 0.3) is 0 Å². The fourth-order valence-electron chi connectivity index (χ4n) is 2.47. The van der Waals surface area contributed by atoms with E-state index >= 15 is 0 Å². The van der Waals surface area contributed by atoms with Crippen LogP contribution < -0.4 is 0 Å². The molecule has 5 radical (unpaired) electrons. The number of rotatable bonds is 4. The van der Waals surface area contributed by atoms with E-state index in [4.69, 9.17) is 20.1 Å². The standard InChI is InChI=1S/C14H25NP.2ClH.Cr/c1-8-15(9-2)16(7)14-12(5)10(3)11(4)13(14)6;;;/h8-9H2,1-7H3;2*1H;/q;;;+3/p-2. The molecule has 1 saturated carbocycles. The molecule has 1 aliphatic rings. The number of nitrogens with zero attached hydrogens (tertiary/aromatic N) is 1. The fourth-order valence-corrected chi connectivity index (χ4v) is 4.91. The average molecular weight is 361 g/mol. The van der Waals surface area contributed by atoms with Crippen LogP contribution in [0.5, 0.6) is 0 Å².